The Bertz CT molecular complexity index is 1080. The first-order chi connectivity index (χ1) is 14.9. The average molecular weight is 580 g/mol. The summed E-state index contributed by atoms with van der Waals surface area (Å²) in [4.78, 5) is 44.4. The van der Waals surface area contributed by atoms with Crippen LogP contribution in [0, 0.1) is 0 Å². The second-order valence-corrected chi connectivity index (χ2v) is 8.06. The second-order valence-electron chi connectivity index (χ2n) is 5.91. The van der Waals surface area contributed by atoms with Crippen LogP contribution < -0.4 is 166 Å². The molecule has 0 aliphatic heterocycles. The number of hydrogen-bond donors (Lipinski definition) is 0. The Balaban J connectivity index is -0.00000272. The molecule has 0 saturated heterocycles. The molecule has 0 aromatic heterocycles. The third kappa shape index (κ3) is 13.1. The average Bonchev–Trinajstić information content (AvgIpc) is 2.70. The zero-order valence-corrected chi connectivity index (χ0v) is 31.0. The van der Waals surface area contributed by atoms with E-state index >= 15 is 0 Å². The van der Waals surface area contributed by atoms with Gasteiger partial charge in [0.1, 0.15) is 21.4 Å². The van der Waals surface area contributed by atoms with E-state index in [-0.39, 0.29) is 130 Å². The van der Waals surface area contributed by atoms with Gasteiger partial charge in [-0.05, 0) is 23.8 Å². The van der Waals surface area contributed by atoms with Crippen molar-refractivity contribution in [1.29, 1.82) is 0 Å². The van der Waals surface area contributed by atoms with E-state index in [1.807, 2.05) is 0 Å². The van der Waals surface area contributed by atoms with Gasteiger partial charge < -0.3 is 56.7 Å². The molecule has 0 spiro atoms. The third-order valence-electron chi connectivity index (χ3n) is 3.86. The Morgan fingerprint density at radius 2 is 1.03 bits per heavy atom. The molecule has 0 saturated carbocycles. The molecule has 18 heteroatoms. The Labute approximate surface area is 297 Å². The van der Waals surface area contributed by atoms with Gasteiger partial charge in [-0.3, -0.25) is 0 Å². The first kappa shape index (κ1) is 41.8. The maximum absolute atomic E-state index is 11.1. The second kappa shape index (κ2) is 18.6. The molecule has 12 nitrogen and oxygen atoms in total. The smallest absolute Gasteiger partial charge is 0.780 e. The minimum Gasteiger partial charge on any atom is -0.780 e. The SMILES string of the molecule is COc1cc(OP(=O)([O-])[O-])c(/C=C\c2cc(OC)c(OC)c(OC)c2)cc1OP(=O)([O-])[O-].[Na+].[Na+].[Na+].[Na+]. The Morgan fingerprint density at radius 1 is 0.583 bits per heavy atom. The van der Waals surface area contributed by atoms with Crippen molar-refractivity contribution < 1.29 is 175 Å². The number of rotatable bonds is 10. The van der Waals surface area contributed by atoms with Crippen molar-refractivity contribution in [1.82, 2.24) is 0 Å². The molecule has 2 rings (SSSR count). The van der Waals surface area contributed by atoms with Crippen LogP contribution in [0.25, 0.3) is 12.2 Å². The largest absolute Gasteiger partial charge is 1.00 e. The number of benzene rings is 2. The van der Waals surface area contributed by atoms with Crippen molar-refractivity contribution in [3.63, 3.8) is 0 Å². The summed E-state index contributed by atoms with van der Waals surface area (Å²) in [6.45, 7) is 0. The van der Waals surface area contributed by atoms with Crippen LogP contribution in [-0.4, -0.2) is 28.4 Å². The minimum atomic E-state index is -5.50. The number of methoxy groups -OCH3 is 4. The summed E-state index contributed by atoms with van der Waals surface area (Å²) in [5, 5.41) is 0. The number of hydrogen-bond acceptors (Lipinski definition) is 12. The third-order valence-corrected chi connectivity index (χ3v) is 4.70. The quantitative estimate of drug-likeness (QED) is 0.147. The summed E-state index contributed by atoms with van der Waals surface area (Å²) < 4.78 is 51.6. The predicted octanol–water partition coefficient (Wildman–Crippen LogP) is -11.7. The number of ether oxygens (including phenoxy) is 4. The standard InChI is InChI=1S/C18H22O12P2.4Na/c1-25-14-10-13(29-31(19,20)21)12(9-15(14)30-32(22,23)24)6-5-11-7-16(26-2)18(28-4)17(8-11)27-3;;;;/h5-10H,1-4H3,(H2,19,20,21)(H2,22,23,24);;;;/q;4*+1/p-4/b6-5-;;;;. The van der Waals surface area contributed by atoms with Gasteiger partial charge in [0.15, 0.2) is 23.0 Å². The first-order valence-corrected chi connectivity index (χ1v) is 11.5. The molecule has 176 valence electrons. The number of phosphoric acid groups is 2. The Morgan fingerprint density at radius 3 is 1.42 bits per heavy atom. The van der Waals surface area contributed by atoms with Crippen LogP contribution in [0.1, 0.15) is 11.1 Å². The van der Waals surface area contributed by atoms with Crippen LogP contribution in [0.15, 0.2) is 24.3 Å². The van der Waals surface area contributed by atoms with Crippen LogP contribution in [0.4, 0.5) is 0 Å². The normalized spacial score (nSPS) is 10.6. The summed E-state index contributed by atoms with van der Waals surface area (Å²) in [7, 11) is -5.63. The Hall–Kier alpha value is 1.28. The summed E-state index contributed by atoms with van der Waals surface area (Å²) in [5.41, 5.74) is 0.365. The molecule has 0 fully saturated rings. The van der Waals surface area contributed by atoms with E-state index in [2.05, 4.69) is 9.05 Å². The van der Waals surface area contributed by atoms with Crippen LogP contribution >= 0.6 is 15.6 Å². The summed E-state index contributed by atoms with van der Waals surface area (Å²) in [6.07, 6.45) is 2.72. The molecule has 0 aliphatic carbocycles. The van der Waals surface area contributed by atoms with Gasteiger partial charge in [-0.15, -0.1) is 0 Å². The summed E-state index contributed by atoms with van der Waals surface area (Å²) in [5.74, 6) is -0.405. The molecule has 0 amide bonds. The van der Waals surface area contributed by atoms with Gasteiger partial charge in [0.05, 0.1) is 28.4 Å². The molecule has 0 aliphatic rings. The molecule has 36 heavy (non-hydrogen) atoms. The van der Waals surface area contributed by atoms with Crippen molar-refractivity contribution in [2.75, 3.05) is 28.4 Å². The maximum atomic E-state index is 11.1. The van der Waals surface area contributed by atoms with Crippen molar-refractivity contribution in [3.8, 4) is 34.5 Å². The van der Waals surface area contributed by atoms with Gasteiger partial charge in [0.2, 0.25) is 5.75 Å². The van der Waals surface area contributed by atoms with Crippen LogP contribution in [-0.2, 0) is 9.13 Å². The maximum Gasteiger partial charge on any atom is 1.00 e. The van der Waals surface area contributed by atoms with E-state index in [0.29, 0.717) is 22.8 Å². The zero-order chi connectivity index (χ0) is 24.1. The first-order valence-electron chi connectivity index (χ1n) is 8.54. The van der Waals surface area contributed by atoms with E-state index < -0.39 is 27.1 Å². The van der Waals surface area contributed by atoms with Gasteiger partial charge in [-0.1, -0.05) is 12.2 Å². The van der Waals surface area contributed by atoms with Gasteiger partial charge in [-0.2, -0.15) is 0 Å². The van der Waals surface area contributed by atoms with E-state index in [1.54, 1.807) is 12.1 Å². The van der Waals surface area contributed by atoms with E-state index in [0.717, 1.165) is 19.2 Å². The van der Waals surface area contributed by atoms with Crippen LogP contribution in [0.5, 0.6) is 34.5 Å². The van der Waals surface area contributed by atoms with Crippen molar-refractivity contribution in [3.05, 3.63) is 35.4 Å². The number of phosphoric ester groups is 2. The fourth-order valence-corrected chi connectivity index (χ4v) is 3.40. The Kier molecular flexibility index (Phi) is 21.6. The van der Waals surface area contributed by atoms with Gasteiger partial charge in [0, 0.05) is 11.6 Å². The topological polar surface area (TPSA) is 182 Å². The fourth-order valence-electron chi connectivity index (χ4n) is 2.62. The molecule has 0 atom stereocenters. The monoisotopic (exact) mass is 580 g/mol. The molecule has 0 N–H and O–H groups in total. The van der Waals surface area contributed by atoms with Crippen LogP contribution in [0.3, 0.4) is 0 Å². The predicted molar refractivity (Wildman–Crippen MR) is 104 cm³/mol. The van der Waals surface area contributed by atoms with E-state index in [4.69, 9.17) is 18.9 Å². The molecule has 0 heterocycles. The van der Waals surface area contributed by atoms with Gasteiger partial charge >= 0.3 is 118 Å². The molecule has 2 aromatic rings. The fraction of sp³-hybridized carbons (Fsp3) is 0.222. The zero-order valence-electron chi connectivity index (χ0n) is 21.3. The van der Waals surface area contributed by atoms with Crippen molar-refractivity contribution in [2.24, 2.45) is 0 Å². The summed E-state index contributed by atoms with van der Waals surface area (Å²) in [6, 6.07) is 4.98. The molecule has 0 bridgehead atoms. The molecular weight excluding hydrogens is 562 g/mol. The van der Waals surface area contributed by atoms with Gasteiger partial charge in [0.25, 0.3) is 0 Å². The molecule has 0 unspecified atom stereocenters. The molecular formula is C18H18Na4O12P2. The van der Waals surface area contributed by atoms with Crippen molar-refractivity contribution in [2.45, 2.75) is 0 Å². The molecule has 2 aromatic carbocycles. The van der Waals surface area contributed by atoms with E-state index in [1.165, 1.54) is 33.5 Å². The van der Waals surface area contributed by atoms with Crippen LogP contribution in [0.2, 0.25) is 0 Å². The van der Waals surface area contributed by atoms with Gasteiger partial charge in [-0.25, -0.2) is 0 Å². The summed E-state index contributed by atoms with van der Waals surface area (Å²) >= 11 is 0. The van der Waals surface area contributed by atoms with Crippen molar-refractivity contribution >= 4 is 27.8 Å². The minimum absolute atomic E-state index is 0. The van der Waals surface area contributed by atoms with E-state index in [9.17, 15) is 28.7 Å². The molecule has 0 radical (unpaired) electrons.